The van der Waals surface area contributed by atoms with Gasteiger partial charge in [0.15, 0.2) is 5.65 Å². The fourth-order valence-corrected chi connectivity index (χ4v) is 2.41. The van der Waals surface area contributed by atoms with E-state index in [4.69, 9.17) is 0 Å². The van der Waals surface area contributed by atoms with Gasteiger partial charge in [-0.25, -0.2) is 9.97 Å². The van der Waals surface area contributed by atoms with Crippen molar-refractivity contribution < 1.29 is 0 Å². The average molecular weight is 278 g/mol. The van der Waals surface area contributed by atoms with E-state index in [9.17, 15) is 0 Å². The molecule has 3 aromatic rings. The van der Waals surface area contributed by atoms with Gasteiger partial charge in [0.1, 0.15) is 5.82 Å². The average Bonchev–Trinajstić information content (AvgIpc) is 2.82. The summed E-state index contributed by atoms with van der Waals surface area (Å²) in [6.07, 6.45) is 3.83. The van der Waals surface area contributed by atoms with E-state index >= 15 is 0 Å². The number of aromatic amines is 1. The Kier molecular flexibility index (Phi) is 3.89. The van der Waals surface area contributed by atoms with Gasteiger partial charge < -0.3 is 4.98 Å². The first-order valence-electron chi connectivity index (χ1n) is 5.32. The van der Waals surface area contributed by atoms with Gasteiger partial charge in [-0.2, -0.15) is 0 Å². The molecule has 0 saturated heterocycles. The molecule has 3 rings (SSSR count). The number of aromatic nitrogens is 3. The molecule has 2 heterocycles. The Hall–Kier alpha value is -1.52. The largest absolute Gasteiger partial charge is 0.337 e. The molecule has 0 bridgehead atoms. The summed E-state index contributed by atoms with van der Waals surface area (Å²) in [6.45, 7) is 0. The third kappa shape index (κ3) is 2.21. The highest BCUT2D eigenvalue weighted by Gasteiger charge is 2.08. The predicted molar refractivity (Wildman–Crippen MR) is 78.4 cm³/mol. The van der Waals surface area contributed by atoms with Crippen molar-refractivity contribution in [2.24, 2.45) is 0 Å². The monoisotopic (exact) mass is 277 g/mol. The number of nitrogens with one attached hydrogen (secondary N) is 1. The van der Waals surface area contributed by atoms with E-state index in [0.717, 1.165) is 22.6 Å². The Bertz CT molecular complexity index is 633. The highest BCUT2D eigenvalue weighted by Crippen LogP contribution is 2.28. The maximum atomic E-state index is 4.51. The lowest BCUT2D eigenvalue weighted by Crippen LogP contribution is -1.83. The van der Waals surface area contributed by atoms with E-state index in [-0.39, 0.29) is 12.4 Å². The minimum Gasteiger partial charge on any atom is -0.337 e. The molecule has 92 valence electrons. The maximum absolute atomic E-state index is 4.51. The molecule has 0 radical (unpaired) electrons. The van der Waals surface area contributed by atoms with Gasteiger partial charge >= 0.3 is 0 Å². The van der Waals surface area contributed by atoms with Gasteiger partial charge in [0.05, 0.1) is 5.52 Å². The quantitative estimate of drug-likeness (QED) is 0.725. The van der Waals surface area contributed by atoms with E-state index in [1.807, 2.05) is 24.3 Å². The molecule has 0 unspecified atom stereocenters. The van der Waals surface area contributed by atoms with Crippen LogP contribution in [-0.2, 0) is 0 Å². The Morgan fingerprint density at radius 1 is 1.11 bits per heavy atom. The zero-order chi connectivity index (χ0) is 11.7. The number of nitrogens with zero attached hydrogens (tertiary/aromatic N) is 2. The molecule has 0 aliphatic carbocycles. The number of rotatable bonds is 2. The van der Waals surface area contributed by atoms with Crippen LogP contribution in [0.3, 0.4) is 0 Å². The number of fused-ring (bicyclic) bond motifs is 1. The second kappa shape index (κ2) is 5.42. The number of hydrogen-bond acceptors (Lipinski definition) is 3. The summed E-state index contributed by atoms with van der Waals surface area (Å²) in [5.41, 5.74) is 2.86. The van der Waals surface area contributed by atoms with Crippen molar-refractivity contribution in [2.75, 3.05) is 6.26 Å². The molecule has 0 fully saturated rings. The lowest BCUT2D eigenvalue weighted by Gasteiger charge is -2.02. The third-order valence-corrected chi connectivity index (χ3v) is 3.42. The minimum atomic E-state index is 0. The summed E-state index contributed by atoms with van der Waals surface area (Å²) in [5, 5.41) is 0. The Morgan fingerprint density at radius 3 is 2.72 bits per heavy atom. The summed E-state index contributed by atoms with van der Waals surface area (Å²) in [7, 11) is 0. The van der Waals surface area contributed by atoms with Crippen molar-refractivity contribution in [3.05, 3.63) is 42.6 Å². The smallest absolute Gasteiger partial charge is 0.178 e. The fraction of sp³-hybridized carbons (Fsp3) is 0.0769. The van der Waals surface area contributed by atoms with Gasteiger partial charge in [0.25, 0.3) is 0 Å². The van der Waals surface area contributed by atoms with Crippen molar-refractivity contribution in [2.45, 2.75) is 4.90 Å². The van der Waals surface area contributed by atoms with Crippen LogP contribution in [0.15, 0.2) is 47.5 Å². The Labute approximate surface area is 115 Å². The van der Waals surface area contributed by atoms with Gasteiger partial charge in [-0.05, 0) is 24.5 Å². The first-order chi connectivity index (χ1) is 8.38. The van der Waals surface area contributed by atoms with Crippen LogP contribution < -0.4 is 0 Å². The van der Waals surface area contributed by atoms with Crippen LogP contribution in [0.2, 0.25) is 0 Å². The lowest BCUT2D eigenvalue weighted by molar-refractivity contribution is 1.27. The molecule has 0 aliphatic rings. The number of halogens is 1. The lowest BCUT2D eigenvalue weighted by atomic mass is 10.2. The van der Waals surface area contributed by atoms with Crippen LogP contribution in [0.4, 0.5) is 0 Å². The molecule has 0 saturated carbocycles. The molecular weight excluding hydrogens is 266 g/mol. The summed E-state index contributed by atoms with van der Waals surface area (Å²) in [5.74, 6) is 0.878. The van der Waals surface area contributed by atoms with Crippen molar-refractivity contribution >= 4 is 35.3 Å². The molecule has 0 atom stereocenters. The summed E-state index contributed by atoms with van der Waals surface area (Å²) < 4.78 is 0. The normalized spacial score (nSPS) is 10.3. The summed E-state index contributed by atoms with van der Waals surface area (Å²) in [6, 6.07) is 12.1. The number of hydrogen-bond donors (Lipinski definition) is 1. The number of thioether (sulfide) groups is 1. The molecule has 0 aliphatic heterocycles. The molecule has 1 aromatic carbocycles. The highest BCUT2D eigenvalue weighted by atomic mass is 35.5. The molecule has 0 spiro atoms. The van der Waals surface area contributed by atoms with Gasteiger partial charge in [-0.3, -0.25) is 0 Å². The van der Waals surface area contributed by atoms with E-state index in [0.29, 0.717) is 0 Å². The summed E-state index contributed by atoms with van der Waals surface area (Å²) in [4.78, 5) is 13.3. The molecule has 3 nitrogen and oxygen atoms in total. The molecule has 2 aromatic heterocycles. The number of imidazole rings is 1. The second-order valence-corrected chi connectivity index (χ2v) is 4.51. The van der Waals surface area contributed by atoms with Crippen LogP contribution in [-0.4, -0.2) is 21.2 Å². The summed E-state index contributed by atoms with van der Waals surface area (Å²) >= 11 is 1.72. The SMILES string of the molecule is CSc1ccccc1-c1nc2ncccc2[nH]1.Cl. The van der Waals surface area contributed by atoms with Crippen molar-refractivity contribution in [1.29, 1.82) is 0 Å². The Morgan fingerprint density at radius 2 is 1.94 bits per heavy atom. The van der Waals surface area contributed by atoms with Crippen molar-refractivity contribution in [3.8, 4) is 11.4 Å². The van der Waals surface area contributed by atoms with Gasteiger partial charge in [-0.15, -0.1) is 24.2 Å². The first kappa shape index (κ1) is 12.9. The highest BCUT2D eigenvalue weighted by molar-refractivity contribution is 7.98. The van der Waals surface area contributed by atoms with Gasteiger partial charge in [-0.1, -0.05) is 18.2 Å². The van der Waals surface area contributed by atoms with Crippen LogP contribution >= 0.6 is 24.2 Å². The van der Waals surface area contributed by atoms with E-state index in [1.54, 1.807) is 18.0 Å². The van der Waals surface area contributed by atoms with Crippen LogP contribution in [0, 0.1) is 0 Å². The third-order valence-electron chi connectivity index (χ3n) is 2.62. The van der Waals surface area contributed by atoms with E-state index in [2.05, 4.69) is 33.3 Å². The van der Waals surface area contributed by atoms with E-state index < -0.39 is 0 Å². The zero-order valence-corrected chi connectivity index (χ0v) is 11.4. The topological polar surface area (TPSA) is 41.6 Å². The maximum Gasteiger partial charge on any atom is 0.178 e. The van der Waals surface area contributed by atoms with Crippen LogP contribution in [0.1, 0.15) is 0 Å². The predicted octanol–water partition coefficient (Wildman–Crippen LogP) is 3.77. The van der Waals surface area contributed by atoms with Gasteiger partial charge in [0.2, 0.25) is 0 Å². The second-order valence-electron chi connectivity index (χ2n) is 3.66. The molecular formula is C13H12ClN3S. The molecule has 18 heavy (non-hydrogen) atoms. The Balaban J connectivity index is 0.00000120. The molecule has 1 N–H and O–H groups in total. The molecule has 0 amide bonds. The standard InChI is InChI=1S/C13H11N3S.ClH/c1-17-11-7-3-2-5-9(11)12-15-10-6-4-8-14-13(10)16-12;/h2-8H,1H3,(H,14,15,16);1H. The first-order valence-corrected chi connectivity index (χ1v) is 6.55. The van der Waals surface area contributed by atoms with E-state index in [1.165, 1.54) is 4.90 Å². The minimum absolute atomic E-state index is 0. The fourth-order valence-electron chi connectivity index (χ4n) is 1.81. The van der Waals surface area contributed by atoms with Crippen molar-refractivity contribution in [1.82, 2.24) is 15.0 Å². The van der Waals surface area contributed by atoms with Crippen molar-refractivity contribution in [3.63, 3.8) is 0 Å². The van der Waals surface area contributed by atoms with Crippen LogP contribution in [0.5, 0.6) is 0 Å². The van der Waals surface area contributed by atoms with Gasteiger partial charge in [0, 0.05) is 16.7 Å². The number of H-pyrrole nitrogens is 1. The van der Waals surface area contributed by atoms with Crippen LogP contribution in [0.25, 0.3) is 22.6 Å². The number of benzene rings is 1. The number of pyridine rings is 1. The zero-order valence-electron chi connectivity index (χ0n) is 9.75. The molecule has 5 heteroatoms.